The van der Waals surface area contributed by atoms with Crippen molar-refractivity contribution >= 4 is 26.0 Å². The van der Waals surface area contributed by atoms with E-state index in [2.05, 4.69) is 0 Å². The van der Waals surface area contributed by atoms with E-state index in [4.69, 9.17) is 0 Å². The molecule has 80 valence electrons. The molecule has 0 aliphatic rings. The second-order valence-electron chi connectivity index (χ2n) is 2.21. The van der Waals surface area contributed by atoms with Crippen molar-refractivity contribution in [3.05, 3.63) is 0 Å². The average molecular weight is 311 g/mol. The third kappa shape index (κ3) is 6.57. The maximum Gasteiger partial charge on any atom is 1.00 e. The Morgan fingerprint density at radius 3 is 1.79 bits per heavy atom. The molecule has 0 unspecified atom stereocenters. The Balaban J connectivity index is 0. The summed E-state index contributed by atoms with van der Waals surface area (Å²) in [5.41, 5.74) is 0. The fraction of sp³-hybridized carbons (Fsp3) is 1.00. The maximum absolute atomic E-state index is 12.3. The molecule has 0 amide bonds. The predicted molar refractivity (Wildman–Crippen MR) is 38.0 cm³/mol. The van der Waals surface area contributed by atoms with Crippen molar-refractivity contribution in [2.45, 2.75) is 17.2 Å². The monoisotopic (exact) mass is 310 g/mol. The first-order valence-electron chi connectivity index (χ1n) is 2.84. The van der Waals surface area contributed by atoms with Crippen LogP contribution in [0.4, 0.5) is 17.6 Å². The quantitative estimate of drug-likeness (QED) is 0.276. The SMILES string of the molecule is O=S(=O)([O-])CCC(F)(F)C(F)(F)Br.[Na+]. The van der Waals surface area contributed by atoms with Crippen LogP contribution in [0.1, 0.15) is 6.42 Å². The van der Waals surface area contributed by atoms with Gasteiger partial charge in [-0.3, -0.25) is 0 Å². The minimum absolute atomic E-state index is 0. The van der Waals surface area contributed by atoms with Gasteiger partial charge in [0.15, 0.2) is 0 Å². The second-order valence-corrected chi connectivity index (χ2v) is 4.73. The number of hydrogen-bond donors (Lipinski definition) is 0. The van der Waals surface area contributed by atoms with Crippen LogP contribution < -0.4 is 29.6 Å². The molecule has 14 heavy (non-hydrogen) atoms. The molecule has 0 aliphatic heterocycles. The topological polar surface area (TPSA) is 57.2 Å². The smallest absolute Gasteiger partial charge is 0.748 e. The second kappa shape index (κ2) is 5.44. The van der Waals surface area contributed by atoms with Gasteiger partial charge in [-0.1, -0.05) is 0 Å². The van der Waals surface area contributed by atoms with Crippen molar-refractivity contribution in [1.29, 1.82) is 0 Å². The van der Waals surface area contributed by atoms with E-state index in [9.17, 15) is 30.5 Å². The molecular formula is C4H4BrF4NaO3S. The molecule has 0 N–H and O–H groups in total. The molecule has 10 heteroatoms. The van der Waals surface area contributed by atoms with Gasteiger partial charge < -0.3 is 4.55 Å². The first-order chi connectivity index (χ1) is 5.46. The molecule has 0 radical (unpaired) electrons. The molecule has 3 nitrogen and oxygen atoms in total. The zero-order chi connectivity index (χ0) is 10.9. The summed E-state index contributed by atoms with van der Waals surface area (Å²) in [6.45, 7) is 0. The summed E-state index contributed by atoms with van der Waals surface area (Å²) in [4.78, 5) is -4.51. The summed E-state index contributed by atoms with van der Waals surface area (Å²) >= 11 is 1.39. The van der Waals surface area contributed by atoms with Gasteiger partial charge >= 0.3 is 40.3 Å². The van der Waals surface area contributed by atoms with Crippen LogP contribution in [0.2, 0.25) is 0 Å². The fourth-order valence-electron chi connectivity index (χ4n) is 0.395. The Labute approximate surface area is 108 Å². The molecule has 0 aliphatic carbocycles. The largest absolute Gasteiger partial charge is 1.00 e. The van der Waals surface area contributed by atoms with Gasteiger partial charge in [0.05, 0.1) is 10.1 Å². The van der Waals surface area contributed by atoms with E-state index in [1.165, 1.54) is 15.9 Å². The summed E-state index contributed by atoms with van der Waals surface area (Å²) in [6.07, 6.45) is -1.71. The minimum atomic E-state index is -4.90. The molecule has 0 saturated carbocycles. The number of rotatable bonds is 4. The molecule has 0 atom stereocenters. The van der Waals surface area contributed by atoms with Gasteiger partial charge in [0, 0.05) is 12.2 Å². The minimum Gasteiger partial charge on any atom is -0.748 e. The molecule has 0 spiro atoms. The van der Waals surface area contributed by atoms with Crippen molar-refractivity contribution in [3.8, 4) is 0 Å². The van der Waals surface area contributed by atoms with E-state index in [-0.39, 0.29) is 29.6 Å². The molecule has 0 saturated heterocycles. The molecule has 0 aromatic heterocycles. The Hall–Kier alpha value is 1.11. The van der Waals surface area contributed by atoms with Gasteiger partial charge in [0.25, 0.3) is 0 Å². The summed E-state index contributed by atoms with van der Waals surface area (Å²) in [7, 11) is -4.90. The molecule has 0 aromatic carbocycles. The summed E-state index contributed by atoms with van der Waals surface area (Å²) in [5.74, 6) is -6.08. The molecule has 0 bridgehead atoms. The van der Waals surface area contributed by atoms with E-state index in [0.29, 0.717) is 0 Å². The van der Waals surface area contributed by atoms with Crippen LogP contribution in [0, 0.1) is 0 Å². The third-order valence-electron chi connectivity index (χ3n) is 1.08. The van der Waals surface area contributed by atoms with Crippen LogP contribution in [0.3, 0.4) is 0 Å². The first kappa shape index (κ1) is 17.5. The standard InChI is InChI=1S/C4H5BrF4O3S.Na/c5-4(8,9)3(6,7)1-2-13(10,11)12;/h1-2H2,(H,10,11,12);/q;+1/p-1. The van der Waals surface area contributed by atoms with Gasteiger partial charge in [-0.05, 0) is 15.9 Å². The van der Waals surface area contributed by atoms with Crippen molar-refractivity contribution in [2.75, 3.05) is 5.75 Å². The summed E-state index contributed by atoms with van der Waals surface area (Å²) in [6, 6.07) is 0. The van der Waals surface area contributed by atoms with Crippen LogP contribution in [0.25, 0.3) is 0 Å². The molecular weight excluding hydrogens is 307 g/mol. The Morgan fingerprint density at radius 1 is 1.21 bits per heavy atom. The van der Waals surface area contributed by atoms with Crippen LogP contribution in [0.5, 0.6) is 0 Å². The van der Waals surface area contributed by atoms with Crippen molar-refractivity contribution < 1.29 is 60.1 Å². The van der Waals surface area contributed by atoms with E-state index in [1.54, 1.807) is 0 Å². The zero-order valence-corrected chi connectivity index (χ0v) is 11.3. The van der Waals surface area contributed by atoms with Crippen LogP contribution in [-0.2, 0) is 10.1 Å². The van der Waals surface area contributed by atoms with Crippen molar-refractivity contribution in [2.24, 2.45) is 0 Å². The fourth-order valence-corrected chi connectivity index (χ4v) is 1.10. The van der Waals surface area contributed by atoms with Crippen LogP contribution in [-0.4, -0.2) is 29.5 Å². The number of alkyl halides is 5. The Morgan fingerprint density at radius 2 is 1.57 bits per heavy atom. The van der Waals surface area contributed by atoms with Gasteiger partial charge in [-0.25, -0.2) is 8.42 Å². The molecule has 0 aromatic rings. The normalized spacial score (nSPS) is 13.6. The number of halogens is 5. The predicted octanol–water partition coefficient (Wildman–Crippen LogP) is -1.45. The van der Waals surface area contributed by atoms with E-state index in [1.807, 2.05) is 0 Å². The van der Waals surface area contributed by atoms with Gasteiger partial charge in [-0.15, -0.1) is 0 Å². The van der Waals surface area contributed by atoms with E-state index >= 15 is 0 Å². The van der Waals surface area contributed by atoms with Crippen LogP contribution in [0.15, 0.2) is 0 Å². The molecule has 0 fully saturated rings. The Kier molecular flexibility index (Phi) is 6.80. The summed E-state index contributed by atoms with van der Waals surface area (Å²) < 4.78 is 78.0. The van der Waals surface area contributed by atoms with Gasteiger partial charge in [-0.2, -0.15) is 17.6 Å². The van der Waals surface area contributed by atoms with E-state index in [0.717, 1.165) is 0 Å². The number of hydrogen-bond acceptors (Lipinski definition) is 3. The van der Waals surface area contributed by atoms with Crippen molar-refractivity contribution in [1.82, 2.24) is 0 Å². The van der Waals surface area contributed by atoms with Crippen LogP contribution >= 0.6 is 15.9 Å². The summed E-state index contributed by atoms with van der Waals surface area (Å²) in [5, 5.41) is 0. The molecule has 0 heterocycles. The first-order valence-corrected chi connectivity index (χ1v) is 5.21. The Bertz CT molecular complexity index is 275. The third-order valence-corrected chi connectivity index (χ3v) is 2.36. The zero-order valence-electron chi connectivity index (χ0n) is 6.94. The average Bonchev–Trinajstić information content (AvgIpc) is 1.79. The van der Waals surface area contributed by atoms with E-state index < -0.39 is 33.0 Å². The maximum atomic E-state index is 12.3. The van der Waals surface area contributed by atoms with Gasteiger partial charge in [0.2, 0.25) is 0 Å². The van der Waals surface area contributed by atoms with Gasteiger partial charge in [0.1, 0.15) is 0 Å². The molecule has 0 rings (SSSR count). The van der Waals surface area contributed by atoms with Crippen molar-refractivity contribution in [3.63, 3.8) is 0 Å².